The number of benzene rings is 1. The fraction of sp³-hybridized carbons (Fsp3) is 0.682. The van der Waals surface area contributed by atoms with Crippen LogP contribution in [-0.4, -0.2) is 5.97 Å². The standard InChI is InChI=1S/C22H32O2/c1-3-4-5-17-7-12-21(13-8-17)24-22(23)20-11-10-18-14-16(2)6-9-19(18)15-20/h7-8,12-13,16,18-20H,3-6,9-11,14-15H2,1-2H3/t16?,18-,19?,20-/m1/s1. The second-order valence-corrected chi connectivity index (χ2v) is 8.12. The second kappa shape index (κ2) is 8.18. The first-order valence-electron chi connectivity index (χ1n) is 9.96. The lowest BCUT2D eigenvalue weighted by atomic mass is 9.65. The predicted octanol–water partition coefficient (Wildman–Crippen LogP) is 5.79. The topological polar surface area (TPSA) is 26.3 Å². The van der Waals surface area contributed by atoms with Crippen LogP contribution in [0.15, 0.2) is 24.3 Å². The maximum absolute atomic E-state index is 12.5. The van der Waals surface area contributed by atoms with E-state index < -0.39 is 0 Å². The molecule has 2 fully saturated rings. The molecule has 2 aliphatic carbocycles. The van der Waals surface area contributed by atoms with Gasteiger partial charge >= 0.3 is 5.97 Å². The molecule has 2 unspecified atom stereocenters. The van der Waals surface area contributed by atoms with Crippen LogP contribution in [0.2, 0.25) is 0 Å². The minimum atomic E-state index is -0.00613. The quantitative estimate of drug-likeness (QED) is 0.505. The predicted molar refractivity (Wildman–Crippen MR) is 98.0 cm³/mol. The first-order chi connectivity index (χ1) is 11.7. The highest BCUT2D eigenvalue weighted by Gasteiger charge is 2.37. The molecule has 2 heteroatoms. The highest BCUT2D eigenvalue weighted by Crippen LogP contribution is 2.44. The average Bonchev–Trinajstić information content (AvgIpc) is 2.60. The van der Waals surface area contributed by atoms with Crippen molar-refractivity contribution >= 4 is 5.97 Å². The van der Waals surface area contributed by atoms with Crippen molar-refractivity contribution in [2.75, 3.05) is 0 Å². The smallest absolute Gasteiger partial charge is 0.314 e. The van der Waals surface area contributed by atoms with Gasteiger partial charge in [-0.05, 0) is 80.4 Å². The molecule has 0 radical (unpaired) electrons. The number of unbranched alkanes of at least 4 members (excludes halogenated alkanes) is 1. The molecule has 132 valence electrons. The molecule has 2 nitrogen and oxygen atoms in total. The van der Waals surface area contributed by atoms with Crippen molar-refractivity contribution in [3.8, 4) is 5.75 Å². The third kappa shape index (κ3) is 4.40. The Bertz CT molecular complexity index is 533. The highest BCUT2D eigenvalue weighted by molar-refractivity contribution is 5.75. The summed E-state index contributed by atoms with van der Waals surface area (Å²) >= 11 is 0. The van der Waals surface area contributed by atoms with E-state index in [2.05, 4.69) is 26.0 Å². The fourth-order valence-electron chi connectivity index (χ4n) is 4.64. The van der Waals surface area contributed by atoms with Crippen LogP contribution in [-0.2, 0) is 11.2 Å². The van der Waals surface area contributed by atoms with E-state index in [4.69, 9.17) is 4.74 Å². The summed E-state index contributed by atoms with van der Waals surface area (Å²) in [7, 11) is 0. The Morgan fingerprint density at radius 3 is 2.50 bits per heavy atom. The third-order valence-corrected chi connectivity index (χ3v) is 6.17. The number of hydrogen-bond acceptors (Lipinski definition) is 2. The molecule has 2 aliphatic rings. The van der Waals surface area contributed by atoms with Gasteiger partial charge in [0, 0.05) is 0 Å². The van der Waals surface area contributed by atoms with E-state index >= 15 is 0 Å². The van der Waals surface area contributed by atoms with E-state index in [1.165, 1.54) is 44.1 Å². The van der Waals surface area contributed by atoms with Gasteiger partial charge in [-0.3, -0.25) is 4.79 Å². The van der Waals surface area contributed by atoms with Crippen molar-refractivity contribution in [3.05, 3.63) is 29.8 Å². The van der Waals surface area contributed by atoms with Crippen molar-refractivity contribution in [2.24, 2.45) is 23.7 Å². The van der Waals surface area contributed by atoms with E-state index in [0.29, 0.717) is 5.75 Å². The molecule has 0 amide bonds. The minimum Gasteiger partial charge on any atom is -0.426 e. The molecule has 0 bridgehead atoms. The van der Waals surface area contributed by atoms with Crippen molar-refractivity contribution in [1.82, 2.24) is 0 Å². The van der Waals surface area contributed by atoms with Crippen LogP contribution in [0.1, 0.15) is 70.8 Å². The summed E-state index contributed by atoms with van der Waals surface area (Å²) in [5, 5.41) is 0. The van der Waals surface area contributed by atoms with Crippen molar-refractivity contribution < 1.29 is 9.53 Å². The summed E-state index contributed by atoms with van der Waals surface area (Å²) in [4.78, 5) is 12.5. The van der Waals surface area contributed by atoms with Crippen molar-refractivity contribution in [3.63, 3.8) is 0 Å². The zero-order chi connectivity index (χ0) is 16.9. The van der Waals surface area contributed by atoms with Gasteiger partial charge in [0.25, 0.3) is 0 Å². The molecule has 1 aromatic rings. The zero-order valence-electron chi connectivity index (χ0n) is 15.3. The van der Waals surface area contributed by atoms with Crippen molar-refractivity contribution in [1.29, 1.82) is 0 Å². The van der Waals surface area contributed by atoms with E-state index in [0.717, 1.165) is 37.0 Å². The molecule has 0 spiro atoms. The Labute approximate surface area is 147 Å². The summed E-state index contributed by atoms with van der Waals surface area (Å²) in [6.45, 7) is 4.58. The first-order valence-corrected chi connectivity index (χ1v) is 9.96. The van der Waals surface area contributed by atoms with Gasteiger partial charge in [0.15, 0.2) is 0 Å². The van der Waals surface area contributed by atoms with Gasteiger partial charge in [0.1, 0.15) is 5.75 Å². The van der Waals surface area contributed by atoms with Gasteiger partial charge in [-0.25, -0.2) is 0 Å². The van der Waals surface area contributed by atoms with Gasteiger partial charge < -0.3 is 4.74 Å². The van der Waals surface area contributed by atoms with Gasteiger partial charge in [-0.1, -0.05) is 38.8 Å². The monoisotopic (exact) mass is 328 g/mol. The Morgan fingerprint density at radius 2 is 1.75 bits per heavy atom. The van der Waals surface area contributed by atoms with E-state index in [1.807, 2.05) is 12.1 Å². The lowest BCUT2D eigenvalue weighted by Gasteiger charge is -2.40. The average molecular weight is 328 g/mol. The Morgan fingerprint density at radius 1 is 1.04 bits per heavy atom. The van der Waals surface area contributed by atoms with E-state index in [9.17, 15) is 4.79 Å². The van der Waals surface area contributed by atoms with Gasteiger partial charge in [-0.15, -0.1) is 0 Å². The molecule has 1 aromatic carbocycles. The van der Waals surface area contributed by atoms with Crippen LogP contribution >= 0.6 is 0 Å². The lowest BCUT2D eigenvalue weighted by molar-refractivity contribution is -0.141. The van der Waals surface area contributed by atoms with Crippen LogP contribution in [0.5, 0.6) is 5.75 Å². The first kappa shape index (κ1) is 17.5. The number of hydrogen-bond donors (Lipinski definition) is 0. The molecule has 0 N–H and O–H groups in total. The summed E-state index contributed by atoms with van der Waals surface area (Å²) in [6.07, 6.45) is 10.8. The maximum atomic E-state index is 12.5. The Hall–Kier alpha value is -1.31. The Balaban J connectivity index is 1.52. The number of ether oxygens (including phenoxy) is 1. The van der Waals surface area contributed by atoms with E-state index in [1.54, 1.807) is 0 Å². The number of fused-ring (bicyclic) bond motifs is 1. The van der Waals surface area contributed by atoms with Crippen molar-refractivity contribution in [2.45, 2.75) is 71.6 Å². The SMILES string of the molecule is CCCCc1ccc(OC(=O)[C@@H]2CC[C@@H]3CC(C)CCC3C2)cc1. The maximum Gasteiger partial charge on any atom is 0.314 e. The van der Waals surface area contributed by atoms with E-state index in [-0.39, 0.29) is 11.9 Å². The fourth-order valence-corrected chi connectivity index (χ4v) is 4.64. The van der Waals surface area contributed by atoms with Crippen LogP contribution in [0, 0.1) is 23.7 Å². The molecule has 24 heavy (non-hydrogen) atoms. The number of carbonyl (C=O) groups excluding carboxylic acids is 1. The molecule has 4 atom stereocenters. The molecule has 0 saturated heterocycles. The summed E-state index contributed by atoms with van der Waals surface area (Å²) < 4.78 is 5.68. The van der Waals surface area contributed by atoms with Crippen LogP contribution in [0.3, 0.4) is 0 Å². The molecule has 0 aliphatic heterocycles. The number of rotatable bonds is 5. The van der Waals surface area contributed by atoms with Gasteiger partial charge in [0.05, 0.1) is 5.92 Å². The highest BCUT2D eigenvalue weighted by atomic mass is 16.5. The number of aryl methyl sites for hydroxylation is 1. The summed E-state index contributed by atoms with van der Waals surface area (Å²) in [5.74, 6) is 3.30. The number of carbonyl (C=O) groups is 1. The molecule has 0 aromatic heterocycles. The largest absolute Gasteiger partial charge is 0.426 e. The normalized spacial score (nSPS) is 29.8. The van der Waals surface area contributed by atoms with Gasteiger partial charge in [-0.2, -0.15) is 0 Å². The second-order valence-electron chi connectivity index (χ2n) is 8.12. The molecule has 0 heterocycles. The van der Waals surface area contributed by atoms with Gasteiger partial charge in [0.2, 0.25) is 0 Å². The number of esters is 1. The zero-order valence-corrected chi connectivity index (χ0v) is 15.3. The molecule has 3 rings (SSSR count). The minimum absolute atomic E-state index is 0.00613. The Kier molecular flexibility index (Phi) is 5.97. The lowest BCUT2D eigenvalue weighted by Crippen LogP contribution is -2.34. The summed E-state index contributed by atoms with van der Waals surface area (Å²) in [6, 6.07) is 8.10. The van der Waals surface area contributed by atoms with Crippen LogP contribution < -0.4 is 4.74 Å². The molecule has 2 saturated carbocycles. The molecular formula is C22H32O2. The van der Waals surface area contributed by atoms with Crippen LogP contribution in [0.4, 0.5) is 0 Å². The summed E-state index contributed by atoms with van der Waals surface area (Å²) in [5.41, 5.74) is 1.33. The third-order valence-electron chi connectivity index (χ3n) is 6.17. The van der Waals surface area contributed by atoms with Crippen LogP contribution in [0.25, 0.3) is 0 Å². The molecular weight excluding hydrogens is 296 g/mol.